The van der Waals surface area contributed by atoms with Crippen molar-refractivity contribution in [2.24, 2.45) is 0 Å². The predicted molar refractivity (Wildman–Crippen MR) is 94.2 cm³/mol. The van der Waals surface area contributed by atoms with Crippen molar-refractivity contribution < 1.29 is 19.4 Å². The van der Waals surface area contributed by atoms with Crippen LogP contribution in [0, 0.1) is 0 Å². The number of carbonyl (C=O) groups is 2. The zero-order valence-electron chi connectivity index (χ0n) is 14.1. The van der Waals surface area contributed by atoms with Crippen LogP contribution in [0.2, 0.25) is 0 Å². The molecule has 0 bridgehead atoms. The highest BCUT2D eigenvalue weighted by molar-refractivity contribution is 5.82. The van der Waals surface area contributed by atoms with E-state index in [0.717, 1.165) is 16.9 Å². The van der Waals surface area contributed by atoms with E-state index in [1.54, 1.807) is 7.11 Å². The Morgan fingerprint density at radius 2 is 1.60 bits per heavy atom. The van der Waals surface area contributed by atoms with Gasteiger partial charge in [-0.2, -0.15) is 0 Å². The number of carbonyl (C=O) groups excluding carboxylic acids is 1. The zero-order chi connectivity index (χ0) is 18.1. The summed E-state index contributed by atoms with van der Waals surface area (Å²) in [6.07, 6.45) is 0. The Morgan fingerprint density at radius 1 is 1.00 bits per heavy atom. The highest BCUT2D eigenvalue weighted by Gasteiger charge is 2.13. The molecule has 0 aliphatic carbocycles. The van der Waals surface area contributed by atoms with E-state index < -0.39 is 5.97 Å². The second kappa shape index (κ2) is 9.44. The number of carboxylic acids is 1. The molecule has 2 N–H and O–H groups in total. The first-order valence-corrected chi connectivity index (χ1v) is 7.94. The van der Waals surface area contributed by atoms with Crippen LogP contribution in [-0.2, 0) is 22.7 Å². The Balaban J connectivity index is 2.04. The van der Waals surface area contributed by atoms with Crippen LogP contribution in [0.4, 0.5) is 0 Å². The molecule has 2 aromatic rings. The fourth-order valence-corrected chi connectivity index (χ4v) is 2.43. The summed E-state index contributed by atoms with van der Waals surface area (Å²) in [5.74, 6) is -0.595. The SMILES string of the molecule is COc1ccc(CN(CC(=O)NCC(=O)O)Cc2ccccc2)cc1. The van der Waals surface area contributed by atoms with Gasteiger partial charge in [0.05, 0.1) is 13.7 Å². The van der Waals surface area contributed by atoms with E-state index in [1.807, 2.05) is 59.5 Å². The summed E-state index contributed by atoms with van der Waals surface area (Å²) < 4.78 is 5.16. The molecule has 6 heteroatoms. The number of hydrogen-bond acceptors (Lipinski definition) is 4. The molecule has 1 amide bonds. The number of nitrogens with zero attached hydrogens (tertiary/aromatic N) is 1. The van der Waals surface area contributed by atoms with Gasteiger partial charge in [0.1, 0.15) is 12.3 Å². The van der Waals surface area contributed by atoms with Gasteiger partial charge in [0, 0.05) is 13.1 Å². The zero-order valence-corrected chi connectivity index (χ0v) is 14.1. The maximum Gasteiger partial charge on any atom is 0.322 e. The molecule has 0 atom stereocenters. The van der Waals surface area contributed by atoms with Crippen LogP contribution in [0.5, 0.6) is 5.75 Å². The van der Waals surface area contributed by atoms with E-state index >= 15 is 0 Å². The summed E-state index contributed by atoms with van der Waals surface area (Å²) in [7, 11) is 1.61. The van der Waals surface area contributed by atoms with Gasteiger partial charge in [0.2, 0.25) is 5.91 Å². The van der Waals surface area contributed by atoms with E-state index in [4.69, 9.17) is 9.84 Å². The number of hydrogen-bond donors (Lipinski definition) is 2. The van der Waals surface area contributed by atoms with Crippen molar-refractivity contribution in [3.05, 3.63) is 65.7 Å². The van der Waals surface area contributed by atoms with E-state index in [0.29, 0.717) is 13.1 Å². The summed E-state index contributed by atoms with van der Waals surface area (Å²) in [6, 6.07) is 17.5. The van der Waals surface area contributed by atoms with Crippen molar-refractivity contribution in [1.82, 2.24) is 10.2 Å². The van der Waals surface area contributed by atoms with Gasteiger partial charge in [-0.25, -0.2) is 0 Å². The standard InChI is InChI=1S/C19H22N2O4/c1-25-17-9-7-16(8-10-17)13-21(12-15-5-3-2-4-6-15)14-18(22)20-11-19(23)24/h2-10H,11-14H2,1H3,(H,20,22)(H,23,24). The number of methoxy groups -OCH3 is 1. The number of rotatable bonds is 9. The largest absolute Gasteiger partial charge is 0.497 e. The topological polar surface area (TPSA) is 78.9 Å². The molecule has 0 saturated carbocycles. The van der Waals surface area contributed by atoms with Gasteiger partial charge >= 0.3 is 5.97 Å². The van der Waals surface area contributed by atoms with Gasteiger partial charge in [0.15, 0.2) is 0 Å². The average molecular weight is 342 g/mol. The summed E-state index contributed by atoms with van der Waals surface area (Å²) in [5.41, 5.74) is 2.13. The van der Waals surface area contributed by atoms with Crippen LogP contribution in [0.1, 0.15) is 11.1 Å². The van der Waals surface area contributed by atoms with Crippen LogP contribution in [-0.4, -0.2) is 42.1 Å². The number of ether oxygens (including phenoxy) is 1. The van der Waals surface area contributed by atoms with E-state index in [9.17, 15) is 9.59 Å². The van der Waals surface area contributed by atoms with Gasteiger partial charge in [-0.15, -0.1) is 0 Å². The van der Waals surface area contributed by atoms with Crippen LogP contribution < -0.4 is 10.1 Å². The maximum absolute atomic E-state index is 12.0. The maximum atomic E-state index is 12.0. The number of carboxylic acid groups (broad SMARTS) is 1. The molecule has 2 rings (SSSR count). The molecular weight excluding hydrogens is 320 g/mol. The third-order valence-electron chi connectivity index (χ3n) is 3.62. The molecule has 25 heavy (non-hydrogen) atoms. The number of benzene rings is 2. The Bertz CT molecular complexity index is 686. The van der Waals surface area contributed by atoms with Crippen molar-refractivity contribution in [3.63, 3.8) is 0 Å². The minimum atomic E-state index is -1.06. The molecule has 0 aliphatic heterocycles. The first-order valence-electron chi connectivity index (χ1n) is 7.94. The van der Waals surface area contributed by atoms with Crippen LogP contribution in [0.25, 0.3) is 0 Å². The average Bonchev–Trinajstić information content (AvgIpc) is 2.61. The third-order valence-corrected chi connectivity index (χ3v) is 3.62. The van der Waals surface area contributed by atoms with Crippen molar-refractivity contribution in [2.45, 2.75) is 13.1 Å². The van der Waals surface area contributed by atoms with Gasteiger partial charge in [-0.1, -0.05) is 42.5 Å². The lowest BCUT2D eigenvalue weighted by atomic mass is 10.1. The molecule has 0 unspecified atom stereocenters. The lowest BCUT2D eigenvalue weighted by molar-refractivity contribution is -0.138. The van der Waals surface area contributed by atoms with Crippen molar-refractivity contribution in [3.8, 4) is 5.75 Å². The number of amides is 1. The van der Waals surface area contributed by atoms with E-state index in [2.05, 4.69) is 5.32 Å². The Kier molecular flexibility index (Phi) is 6.98. The molecule has 0 saturated heterocycles. The van der Waals surface area contributed by atoms with Gasteiger partial charge in [-0.3, -0.25) is 14.5 Å². The first kappa shape index (κ1) is 18.5. The van der Waals surface area contributed by atoms with E-state index in [-0.39, 0.29) is 19.0 Å². The van der Waals surface area contributed by atoms with Gasteiger partial charge < -0.3 is 15.2 Å². The highest BCUT2D eigenvalue weighted by atomic mass is 16.5. The van der Waals surface area contributed by atoms with Crippen molar-refractivity contribution in [1.29, 1.82) is 0 Å². The normalized spacial score (nSPS) is 10.5. The fourth-order valence-electron chi connectivity index (χ4n) is 2.43. The molecule has 2 aromatic carbocycles. The van der Waals surface area contributed by atoms with Crippen molar-refractivity contribution in [2.75, 3.05) is 20.2 Å². The van der Waals surface area contributed by atoms with Crippen molar-refractivity contribution >= 4 is 11.9 Å². The predicted octanol–water partition coefficient (Wildman–Crippen LogP) is 1.90. The Morgan fingerprint density at radius 3 is 2.16 bits per heavy atom. The summed E-state index contributed by atoms with van der Waals surface area (Å²) >= 11 is 0. The summed E-state index contributed by atoms with van der Waals surface area (Å²) in [5, 5.41) is 11.1. The third kappa shape index (κ3) is 6.64. The second-order valence-electron chi connectivity index (χ2n) is 5.65. The van der Waals surface area contributed by atoms with Crippen LogP contribution in [0.15, 0.2) is 54.6 Å². The first-order chi connectivity index (χ1) is 12.1. The molecule has 0 spiro atoms. The number of nitrogens with one attached hydrogen (secondary N) is 1. The highest BCUT2D eigenvalue weighted by Crippen LogP contribution is 2.14. The quantitative estimate of drug-likeness (QED) is 0.728. The Hall–Kier alpha value is -2.86. The second-order valence-corrected chi connectivity index (χ2v) is 5.65. The van der Waals surface area contributed by atoms with Crippen LogP contribution >= 0.6 is 0 Å². The Labute approximate surface area is 147 Å². The van der Waals surface area contributed by atoms with E-state index in [1.165, 1.54) is 0 Å². The van der Waals surface area contributed by atoms with Gasteiger partial charge in [-0.05, 0) is 23.3 Å². The molecule has 0 radical (unpaired) electrons. The minimum Gasteiger partial charge on any atom is -0.497 e. The molecule has 0 fully saturated rings. The van der Waals surface area contributed by atoms with Gasteiger partial charge in [0.25, 0.3) is 0 Å². The lowest BCUT2D eigenvalue weighted by Crippen LogP contribution is -2.38. The molecule has 6 nitrogen and oxygen atoms in total. The monoisotopic (exact) mass is 342 g/mol. The summed E-state index contributed by atoms with van der Waals surface area (Å²) in [4.78, 5) is 24.6. The number of aliphatic carboxylic acids is 1. The molecule has 132 valence electrons. The molecule has 0 aromatic heterocycles. The molecular formula is C19H22N2O4. The minimum absolute atomic E-state index is 0.119. The lowest BCUT2D eigenvalue weighted by Gasteiger charge is -2.22. The molecule has 0 aliphatic rings. The van der Waals surface area contributed by atoms with Crippen LogP contribution in [0.3, 0.4) is 0 Å². The molecule has 0 heterocycles. The summed E-state index contributed by atoms with van der Waals surface area (Å²) in [6.45, 7) is 0.904. The fraction of sp³-hybridized carbons (Fsp3) is 0.263. The smallest absolute Gasteiger partial charge is 0.322 e.